The summed E-state index contributed by atoms with van der Waals surface area (Å²) < 4.78 is 40.7. The molecule has 0 aliphatic heterocycles. The molecule has 1 amide bonds. The predicted octanol–water partition coefficient (Wildman–Crippen LogP) is 5.05. The summed E-state index contributed by atoms with van der Waals surface area (Å²) >= 11 is 1.52. The highest BCUT2D eigenvalue weighted by molar-refractivity contribution is 7.10. The van der Waals surface area contributed by atoms with Gasteiger partial charge in [-0.05, 0) is 28.5 Å². The van der Waals surface area contributed by atoms with Crippen molar-refractivity contribution in [3.63, 3.8) is 0 Å². The number of carbonyl (C=O) groups excluding carboxylic acids is 1. The molecule has 142 valence electrons. The third-order valence-electron chi connectivity index (χ3n) is 3.81. The van der Waals surface area contributed by atoms with E-state index in [2.05, 4.69) is 23.9 Å². The molecule has 1 aromatic carbocycles. The van der Waals surface area contributed by atoms with Crippen LogP contribution in [-0.2, 0) is 9.53 Å². The first-order valence-corrected chi connectivity index (χ1v) is 9.21. The van der Waals surface area contributed by atoms with Crippen molar-refractivity contribution in [3.05, 3.63) is 57.8 Å². The van der Waals surface area contributed by atoms with Crippen LogP contribution in [0.4, 0.5) is 13.2 Å². The minimum absolute atomic E-state index is 0.123. The monoisotopic (exact) mass is 385 g/mol. The van der Waals surface area contributed by atoms with Gasteiger partial charge in [-0.25, -0.2) is 0 Å². The van der Waals surface area contributed by atoms with Gasteiger partial charge in [0.15, 0.2) is 0 Å². The predicted molar refractivity (Wildman–Crippen MR) is 96.3 cm³/mol. The summed E-state index contributed by atoms with van der Waals surface area (Å²) in [4.78, 5) is 13.1. The summed E-state index contributed by atoms with van der Waals surface area (Å²) in [7, 11) is 0. The van der Waals surface area contributed by atoms with Gasteiger partial charge in [-0.1, -0.05) is 44.2 Å². The van der Waals surface area contributed by atoms with Crippen LogP contribution in [0.2, 0.25) is 0 Å². The van der Waals surface area contributed by atoms with Crippen LogP contribution in [0.25, 0.3) is 0 Å². The highest BCUT2D eigenvalue weighted by Crippen LogP contribution is 2.27. The van der Waals surface area contributed by atoms with Gasteiger partial charge in [-0.3, -0.25) is 4.79 Å². The quantitative estimate of drug-likeness (QED) is 0.646. The lowest BCUT2D eigenvalue weighted by Gasteiger charge is -2.19. The second kappa shape index (κ2) is 9.19. The largest absolute Gasteiger partial charge is 0.411 e. The number of rotatable bonds is 8. The van der Waals surface area contributed by atoms with Gasteiger partial charge in [-0.2, -0.15) is 13.2 Å². The molecule has 0 fully saturated rings. The molecule has 26 heavy (non-hydrogen) atoms. The maximum atomic E-state index is 12.2. The molecule has 2 aromatic rings. The van der Waals surface area contributed by atoms with Gasteiger partial charge in [0.25, 0.3) is 0 Å². The Bertz CT molecular complexity index is 682. The maximum Gasteiger partial charge on any atom is 0.411 e. The molecule has 1 heterocycles. The van der Waals surface area contributed by atoms with Crippen LogP contribution < -0.4 is 5.32 Å². The number of ether oxygens (including phenoxy) is 1. The zero-order valence-electron chi connectivity index (χ0n) is 14.7. The Morgan fingerprint density at radius 2 is 1.81 bits per heavy atom. The molecule has 0 aliphatic carbocycles. The van der Waals surface area contributed by atoms with Crippen molar-refractivity contribution < 1.29 is 22.7 Å². The lowest BCUT2D eigenvalue weighted by atomic mass is 9.98. The average Bonchev–Trinajstić information content (AvgIpc) is 3.10. The summed E-state index contributed by atoms with van der Waals surface area (Å²) in [6, 6.07) is 11.5. The highest BCUT2D eigenvalue weighted by Gasteiger charge is 2.27. The minimum atomic E-state index is -4.38. The first-order chi connectivity index (χ1) is 12.3. The number of alkyl halides is 3. The molecule has 0 saturated carbocycles. The molecule has 1 N–H and O–H groups in total. The lowest BCUT2D eigenvalue weighted by molar-refractivity contribution is -0.174. The first kappa shape index (κ1) is 20.5. The van der Waals surface area contributed by atoms with E-state index in [9.17, 15) is 18.0 Å². The minimum Gasteiger partial charge on any atom is -0.372 e. The van der Waals surface area contributed by atoms with Gasteiger partial charge in [0.05, 0.1) is 12.6 Å². The van der Waals surface area contributed by atoms with E-state index >= 15 is 0 Å². The molecule has 1 unspecified atom stereocenters. The molecular formula is C19H22F3NO2S. The second-order valence-corrected chi connectivity index (χ2v) is 7.23. The fourth-order valence-corrected chi connectivity index (χ4v) is 3.24. The van der Waals surface area contributed by atoms with Crippen LogP contribution in [0.5, 0.6) is 0 Å². The smallest absolute Gasteiger partial charge is 0.372 e. The SMILES string of the molecule is CC(C)c1ccc(C(NC(=O)CCOCC(F)(F)F)c2cccs2)cc1. The number of carbonyl (C=O) groups is 1. The molecule has 0 saturated heterocycles. The molecule has 3 nitrogen and oxygen atoms in total. The number of hydrogen-bond donors (Lipinski definition) is 1. The van der Waals surface area contributed by atoms with Crippen LogP contribution in [0.15, 0.2) is 41.8 Å². The number of amides is 1. The van der Waals surface area contributed by atoms with Crippen molar-refractivity contribution in [1.29, 1.82) is 0 Å². The molecule has 2 rings (SSSR count). The van der Waals surface area contributed by atoms with Crippen LogP contribution in [0, 0.1) is 0 Å². The van der Waals surface area contributed by atoms with Gasteiger partial charge in [0.2, 0.25) is 5.91 Å². The van der Waals surface area contributed by atoms with Crippen LogP contribution in [-0.4, -0.2) is 25.3 Å². The van der Waals surface area contributed by atoms with Gasteiger partial charge in [0.1, 0.15) is 6.61 Å². The molecule has 1 atom stereocenters. The maximum absolute atomic E-state index is 12.2. The van der Waals surface area contributed by atoms with Crippen molar-refractivity contribution in [2.45, 2.75) is 38.4 Å². The van der Waals surface area contributed by atoms with E-state index in [1.54, 1.807) is 0 Å². The average molecular weight is 385 g/mol. The summed E-state index contributed by atoms with van der Waals surface area (Å²) in [5.41, 5.74) is 2.13. The fourth-order valence-electron chi connectivity index (χ4n) is 2.43. The number of nitrogens with one attached hydrogen (secondary N) is 1. The van der Waals surface area contributed by atoms with Crippen molar-refractivity contribution in [1.82, 2.24) is 5.32 Å². The van der Waals surface area contributed by atoms with E-state index in [0.717, 1.165) is 10.4 Å². The molecule has 0 radical (unpaired) electrons. The Hall–Kier alpha value is -1.86. The zero-order chi connectivity index (χ0) is 19.2. The van der Waals surface area contributed by atoms with Crippen molar-refractivity contribution in [3.8, 4) is 0 Å². The Kier molecular flexibility index (Phi) is 7.23. The van der Waals surface area contributed by atoms with E-state index < -0.39 is 12.8 Å². The number of hydrogen-bond acceptors (Lipinski definition) is 3. The summed E-state index contributed by atoms with van der Waals surface area (Å²) in [5, 5.41) is 4.81. The number of halogens is 3. The summed E-state index contributed by atoms with van der Waals surface area (Å²) in [6.07, 6.45) is -4.50. The third kappa shape index (κ3) is 6.46. The molecule has 0 aliphatic rings. The van der Waals surface area contributed by atoms with Crippen LogP contribution >= 0.6 is 11.3 Å². The molecule has 7 heteroatoms. The van der Waals surface area contributed by atoms with E-state index in [1.165, 1.54) is 16.9 Å². The molecule has 1 aromatic heterocycles. The Morgan fingerprint density at radius 3 is 2.35 bits per heavy atom. The Morgan fingerprint density at radius 1 is 1.15 bits per heavy atom. The van der Waals surface area contributed by atoms with Gasteiger partial charge in [0, 0.05) is 11.3 Å². The first-order valence-electron chi connectivity index (χ1n) is 8.33. The van der Waals surface area contributed by atoms with Crippen molar-refractivity contribution in [2.24, 2.45) is 0 Å². The van der Waals surface area contributed by atoms with Crippen molar-refractivity contribution in [2.75, 3.05) is 13.2 Å². The van der Waals surface area contributed by atoms with Crippen LogP contribution in [0.3, 0.4) is 0 Å². The standard InChI is InChI=1S/C19H22F3NO2S/c1-13(2)14-5-7-15(8-6-14)18(16-4-3-11-26-16)23-17(24)9-10-25-12-19(20,21)22/h3-8,11,13,18H,9-10,12H2,1-2H3,(H,23,24). The lowest BCUT2D eigenvalue weighted by Crippen LogP contribution is -2.30. The highest BCUT2D eigenvalue weighted by atomic mass is 32.1. The number of thiophene rings is 1. The number of benzene rings is 1. The van der Waals surface area contributed by atoms with Gasteiger partial charge >= 0.3 is 6.18 Å². The topological polar surface area (TPSA) is 38.3 Å². The van der Waals surface area contributed by atoms with Crippen molar-refractivity contribution >= 4 is 17.2 Å². The Balaban J connectivity index is 2.01. The summed E-state index contributed by atoms with van der Waals surface area (Å²) in [6.45, 7) is 2.60. The molecule has 0 bridgehead atoms. The van der Waals surface area contributed by atoms with E-state index in [-0.39, 0.29) is 25.0 Å². The van der Waals surface area contributed by atoms with E-state index in [0.29, 0.717) is 5.92 Å². The molecule has 0 spiro atoms. The van der Waals surface area contributed by atoms with E-state index in [4.69, 9.17) is 0 Å². The summed E-state index contributed by atoms with van der Waals surface area (Å²) in [5.74, 6) is 0.0584. The second-order valence-electron chi connectivity index (χ2n) is 6.26. The fraction of sp³-hybridized carbons (Fsp3) is 0.421. The van der Waals surface area contributed by atoms with Crippen LogP contribution in [0.1, 0.15) is 48.2 Å². The van der Waals surface area contributed by atoms with E-state index in [1.807, 2.05) is 41.8 Å². The van der Waals surface area contributed by atoms with Gasteiger partial charge < -0.3 is 10.1 Å². The molecular weight excluding hydrogens is 363 g/mol. The normalized spacial score (nSPS) is 13.0. The zero-order valence-corrected chi connectivity index (χ0v) is 15.5. The Labute approximate surface area is 155 Å². The van der Waals surface area contributed by atoms with Gasteiger partial charge in [-0.15, -0.1) is 11.3 Å². The third-order valence-corrected chi connectivity index (χ3v) is 4.75.